The van der Waals surface area contributed by atoms with Crippen LogP contribution in [0.5, 0.6) is 5.75 Å². The largest absolute Gasteiger partial charge is 0.497 e. The van der Waals surface area contributed by atoms with Gasteiger partial charge in [-0.1, -0.05) is 12.1 Å². The molecule has 0 amide bonds. The van der Waals surface area contributed by atoms with Gasteiger partial charge in [-0.3, -0.25) is 0 Å². The van der Waals surface area contributed by atoms with Crippen molar-refractivity contribution in [2.75, 3.05) is 53.9 Å². The Morgan fingerprint density at radius 3 is 2.48 bits per heavy atom. The van der Waals surface area contributed by atoms with E-state index in [2.05, 4.69) is 34.3 Å². The van der Waals surface area contributed by atoms with Crippen LogP contribution in [-0.4, -0.2) is 63.7 Å². The van der Waals surface area contributed by atoms with Crippen molar-refractivity contribution in [3.05, 3.63) is 29.8 Å². The second-order valence-electron chi connectivity index (χ2n) is 5.93. The highest BCUT2D eigenvalue weighted by molar-refractivity contribution is 5.29. The summed E-state index contributed by atoms with van der Waals surface area (Å²) in [5.74, 6) is 0.913. The van der Waals surface area contributed by atoms with Crippen molar-refractivity contribution in [2.24, 2.45) is 0 Å². The Balaban J connectivity index is 1.82. The number of rotatable bonds is 8. The quantitative estimate of drug-likeness (QED) is 0.793. The molecule has 1 aliphatic rings. The average molecular weight is 291 g/mol. The zero-order valence-corrected chi connectivity index (χ0v) is 13.6. The van der Waals surface area contributed by atoms with Gasteiger partial charge in [0.25, 0.3) is 0 Å². The lowest BCUT2D eigenvalue weighted by Crippen LogP contribution is -2.36. The Morgan fingerprint density at radius 2 is 1.90 bits per heavy atom. The molecule has 21 heavy (non-hydrogen) atoms. The molecule has 1 N–H and O–H groups in total. The van der Waals surface area contributed by atoms with E-state index in [9.17, 15) is 0 Å². The van der Waals surface area contributed by atoms with Gasteiger partial charge in [-0.05, 0) is 57.7 Å². The van der Waals surface area contributed by atoms with Crippen LogP contribution < -0.4 is 10.1 Å². The molecule has 1 unspecified atom stereocenters. The number of hydrogen-bond acceptors (Lipinski definition) is 4. The Labute approximate surface area is 129 Å². The predicted molar refractivity (Wildman–Crippen MR) is 88.0 cm³/mol. The highest BCUT2D eigenvalue weighted by Crippen LogP contribution is 2.18. The topological polar surface area (TPSA) is 27.7 Å². The highest BCUT2D eigenvalue weighted by atomic mass is 16.5. The zero-order valence-electron chi connectivity index (χ0n) is 13.6. The monoisotopic (exact) mass is 291 g/mol. The van der Waals surface area contributed by atoms with E-state index in [1.807, 2.05) is 19.2 Å². The third-order valence-electron chi connectivity index (χ3n) is 4.36. The minimum Gasteiger partial charge on any atom is -0.497 e. The van der Waals surface area contributed by atoms with Crippen molar-refractivity contribution >= 4 is 0 Å². The van der Waals surface area contributed by atoms with Crippen LogP contribution in [0.1, 0.15) is 24.4 Å². The number of nitrogens with zero attached hydrogens (tertiary/aromatic N) is 2. The second-order valence-corrected chi connectivity index (χ2v) is 5.93. The van der Waals surface area contributed by atoms with Crippen molar-refractivity contribution < 1.29 is 4.74 Å². The molecule has 1 atom stereocenters. The molecule has 4 nitrogen and oxygen atoms in total. The van der Waals surface area contributed by atoms with E-state index in [0.717, 1.165) is 18.8 Å². The van der Waals surface area contributed by atoms with Gasteiger partial charge in [0.2, 0.25) is 0 Å². The van der Waals surface area contributed by atoms with Gasteiger partial charge in [-0.2, -0.15) is 0 Å². The molecular formula is C17H29N3O. The van der Waals surface area contributed by atoms with Gasteiger partial charge in [0, 0.05) is 25.7 Å². The normalized spacial score (nSPS) is 17.3. The molecule has 118 valence electrons. The first-order valence-corrected chi connectivity index (χ1v) is 7.95. The van der Waals surface area contributed by atoms with Crippen molar-refractivity contribution in [2.45, 2.75) is 18.9 Å². The standard InChI is InChI=1S/C17H29N3O/c1-18-17(15-6-8-16(21-3)9-7-15)14-19(2)12-13-20-10-4-5-11-20/h6-9,17-18H,4-5,10-14H2,1-3H3. The lowest BCUT2D eigenvalue weighted by atomic mass is 10.1. The Hall–Kier alpha value is -1.10. The molecule has 0 radical (unpaired) electrons. The third kappa shape index (κ3) is 4.99. The maximum absolute atomic E-state index is 5.22. The minimum absolute atomic E-state index is 0.361. The minimum atomic E-state index is 0.361. The molecular weight excluding hydrogens is 262 g/mol. The molecule has 1 aromatic carbocycles. The van der Waals surface area contributed by atoms with Crippen LogP contribution in [0.3, 0.4) is 0 Å². The van der Waals surface area contributed by atoms with E-state index in [1.54, 1.807) is 7.11 Å². The van der Waals surface area contributed by atoms with Gasteiger partial charge in [0.15, 0.2) is 0 Å². The molecule has 1 fully saturated rings. The first kappa shape index (κ1) is 16.3. The predicted octanol–water partition coefficient (Wildman–Crippen LogP) is 1.98. The fourth-order valence-electron chi connectivity index (χ4n) is 2.92. The lowest BCUT2D eigenvalue weighted by molar-refractivity contribution is 0.241. The molecule has 2 rings (SSSR count). The summed E-state index contributed by atoms with van der Waals surface area (Å²) in [6.07, 6.45) is 2.74. The van der Waals surface area contributed by atoms with Gasteiger partial charge in [-0.25, -0.2) is 0 Å². The zero-order chi connectivity index (χ0) is 15.1. The number of hydrogen-bond donors (Lipinski definition) is 1. The Morgan fingerprint density at radius 1 is 1.24 bits per heavy atom. The number of nitrogens with one attached hydrogen (secondary N) is 1. The van der Waals surface area contributed by atoms with E-state index in [4.69, 9.17) is 4.74 Å². The van der Waals surface area contributed by atoms with Gasteiger partial charge >= 0.3 is 0 Å². The number of ether oxygens (including phenoxy) is 1. The fraction of sp³-hybridized carbons (Fsp3) is 0.647. The summed E-state index contributed by atoms with van der Waals surface area (Å²) in [6.45, 7) is 5.91. The van der Waals surface area contributed by atoms with Crippen LogP contribution in [0.25, 0.3) is 0 Å². The molecule has 1 heterocycles. The van der Waals surface area contributed by atoms with E-state index in [0.29, 0.717) is 6.04 Å². The average Bonchev–Trinajstić information content (AvgIpc) is 3.04. The van der Waals surface area contributed by atoms with Crippen molar-refractivity contribution in [1.82, 2.24) is 15.1 Å². The van der Waals surface area contributed by atoms with Crippen LogP contribution in [0.4, 0.5) is 0 Å². The van der Waals surface area contributed by atoms with Gasteiger partial charge in [0.1, 0.15) is 5.75 Å². The van der Waals surface area contributed by atoms with E-state index < -0.39 is 0 Å². The molecule has 1 aromatic rings. The van der Waals surface area contributed by atoms with Crippen molar-refractivity contribution in [3.63, 3.8) is 0 Å². The fourth-order valence-corrected chi connectivity index (χ4v) is 2.92. The maximum atomic E-state index is 5.22. The van der Waals surface area contributed by atoms with Gasteiger partial charge in [-0.15, -0.1) is 0 Å². The summed E-state index contributed by atoms with van der Waals surface area (Å²) in [4.78, 5) is 4.99. The van der Waals surface area contributed by atoms with Crippen LogP contribution >= 0.6 is 0 Å². The molecule has 0 saturated carbocycles. The van der Waals surface area contributed by atoms with Crippen LogP contribution in [0.15, 0.2) is 24.3 Å². The summed E-state index contributed by atoms with van der Waals surface area (Å²) < 4.78 is 5.22. The number of likely N-dealkylation sites (tertiary alicyclic amines) is 1. The smallest absolute Gasteiger partial charge is 0.118 e. The Bertz CT molecular complexity index is 401. The Kier molecular flexibility index (Phi) is 6.49. The first-order chi connectivity index (χ1) is 10.2. The highest BCUT2D eigenvalue weighted by Gasteiger charge is 2.15. The van der Waals surface area contributed by atoms with Crippen LogP contribution in [0, 0.1) is 0 Å². The first-order valence-electron chi connectivity index (χ1n) is 7.95. The van der Waals surface area contributed by atoms with Crippen molar-refractivity contribution in [1.29, 1.82) is 0 Å². The van der Waals surface area contributed by atoms with E-state index in [-0.39, 0.29) is 0 Å². The summed E-state index contributed by atoms with van der Waals surface area (Å²) >= 11 is 0. The molecule has 0 aliphatic carbocycles. The van der Waals surface area contributed by atoms with Crippen LogP contribution in [-0.2, 0) is 0 Å². The van der Waals surface area contributed by atoms with Crippen molar-refractivity contribution in [3.8, 4) is 5.75 Å². The third-order valence-corrected chi connectivity index (χ3v) is 4.36. The molecule has 4 heteroatoms. The van der Waals surface area contributed by atoms with E-state index >= 15 is 0 Å². The van der Waals surface area contributed by atoms with E-state index in [1.165, 1.54) is 38.0 Å². The number of likely N-dealkylation sites (N-methyl/N-ethyl adjacent to an activating group) is 2. The summed E-state index contributed by atoms with van der Waals surface area (Å²) in [5, 5.41) is 3.42. The summed E-state index contributed by atoms with van der Waals surface area (Å²) in [5.41, 5.74) is 1.31. The molecule has 0 bridgehead atoms. The molecule has 0 spiro atoms. The summed E-state index contributed by atoms with van der Waals surface area (Å²) in [7, 11) is 5.95. The van der Waals surface area contributed by atoms with Gasteiger partial charge in [0.05, 0.1) is 7.11 Å². The molecule has 1 saturated heterocycles. The SMILES string of the molecule is CNC(CN(C)CCN1CCCC1)c1ccc(OC)cc1. The van der Waals surface area contributed by atoms with Crippen LogP contribution in [0.2, 0.25) is 0 Å². The number of methoxy groups -OCH3 is 1. The van der Waals surface area contributed by atoms with Gasteiger partial charge < -0.3 is 19.9 Å². The molecule has 0 aromatic heterocycles. The second kappa shape index (κ2) is 8.37. The maximum Gasteiger partial charge on any atom is 0.118 e. The summed E-state index contributed by atoms with van der Waals surface area (Å²) in [6, 6.07) is 8.72. The number of benzene rings is 1. The lowest BCUT2D eigenvalue weighted by Gasteiger charge is -2.26. The molecule has 1 aliphatic heterocycles.